The van der Waals surface area contributed by atoms with Gasteiger partial charge in [0, 0.05) is 0 Å². The van der Waals surface area contributed by atoms with Crippen LogP contribution in [0.15, 0.2) is 0 Å². The van der Waals surface area contributed by atoms with Gasteiger partial charge in [-0.3, -0.25) is 0 Å². The lowest BCUT2D eigenvalue weighted by molar-refractivity contribution is 0.0388. The molecule has 0 aromatic carbocycles. The predicted octanol–water partition coefficient (Wildman–Crippen LogP) is -1.29. The van der Waals surface area contributed by atoms with E-state index in [1.54, 1.807) is 0 Å². The van der Waals surface area contributed by atoms with Crippen LogP contribution in [-0.4, -0.2) is 22.2 Å². The van der Waals surface area contributed by atoms with Gasteiger partial charge in [-0.15, -0.1) is 0 Å². The highest BCUT2D eigenvalue weighted by molar-refractivity contribution is 4.63. The van der Waals surface area contributed by atoms with Crippen molar-refractivity contribution in [1.29, 1.82) is 0 Å². The number of aliphatic hydroxyl groups is 2. The zero-order chi connectivity index (χ0) is 7.49. The van der Waals surface area contributed by atoms with Crippen molar-refractivity contribution in [3.05, 3.63) is 0 Å². The van der Waals surface area contributed by atoms with Crippen molar-refractivity contribution in [3.8, 4) is 0 Å². The van der Waals surface area contributed by atoms with Crippen LogP contribution in [0.5, 0.6) is 0 Å². The summed E-state index contributed by atoms with van der Waals surface area (Å²) < 4.78 is 0. The Hall–Kier alpha value is -0.160. The number of nitrogens with two attached hydrogens (primary N) is 2. The number of aliphatic hydroxyl groups excluding tert-OH is 1. The first-order chi connectivity index (χ1) is 3.92. The minimum Gasteiger partial charge on any atom is -0.379 e. The molecule has 0 rings (SSSR count). The molecule has 0 radical (unpaired) electrons. The van der Waals surface area contributed by atoms with Gasteiger partial charge in [-0.2, -0.15) is 0 Å². The Morgan fingerprint density at radius 3 is 2.22 bits per heavy atom. The van der Waals surface area contributed by atoms with Gasteiger partial charge in [0.15, 0.2) is 0 Å². The molecule has 0 fully saturated rings. The standard InChI is InChI=1S/C5H14N2O2/c1-5(7,9)3-2-4(6)8/h4,8-9H,2-3,6-7H2,1H3. The fraction of sp³-hybridized carbons (Fsp3) is 1.00. The van der Waals surface area contributed by atoms with E-state index in [0.29, 0.717) is 12.8 Å². The molecule has 0 heterocycles. The van der Waals surface area contributed by atoms with Crippen LogP contribution in [0, 0.1) is 0 Å². The van der Waals surface area contributed by atoms with Gasteiger partial charge in [0.2, 0.25) is 0 Å². The lowest BCUT2D eigenvalue weighted by Gasteiger charge is -2.17. The van der Waals surface area contributed by atoms with E-state index in [2.05, 4.69) is 0 Å². The quantitative estimate of drug-likeness (QED) is 0.361. The maximum atomic E-state index is 8.88. The summed E-state index contributed by atoms with van der Waals surface area (Å²) in [5.41, 5.74) is 8.95. The van der Waals surface area contributed by atoms with E-state index < -0.39 is 12.0 Å². The maximum absolute atomic E-state index is 8.88. The first-order valence-corrected chi connectivity index (χ1v) is 2.87. The van der Waals surface area contributed by atoms with Crippen LogP contribution in [0.3, 0.4) is 0 Å². The van der Waals surface area contributed by atoms with Gasteiger partial charge in [0.05, 0.1) is 0 Å². The highest BCUT2D eigenvalue weighted by Gasteiger charge is 2.13. The van der Waals surface area contributed by atoms with E-state index in [1.807, 2.05) is 0 Å². The summed E-state index contributed by atoms with van der Waals surface area (Å²) in [6, 6.07) is 0. The van der Waals surface area contributed by atoms with E-state index >= 15 is 0 Å². The molecule has 2 unspecified atom stereocenters. The second-order valence-corrected chi connectivity index (χ2v) is 2.46. The van der Waals surface area contributed by atoms with Crippen LogP contribution in [0.25, 0.3) is 0 Å². The van der Waals surface area contributed by atoms with E-state index in [0.717, 1.165) is 0 Å². The Balaban J connectivity index is 3.28. The highest BCUT2D eigenvalue weighted by atomic mass is 16.3. The van der Waals surface area contributed by atoms with Gasteiger partial charge in [-0.25, -0.2) is 0 Å². The van der Waals surface area contributed by atoms with Gasteiger partial charge >= 0.3 is 0 Å². The fourth-order valence-corrected chi connectivity index (χ4v) is 0.440. The molecule has 0 aliphatic heterocycles. The van der Waals surface area contributed by atoms with Crippen molar-refractivity contribution >= 4 is 0 Å². The molecule has 0 saturated carbocycles. The Labute approximate surface area is 54.5 Å². The summed E-state index contributed by atoms with van der Waals surface area (Å²) in [6.07, 6.45) is -0.242. The number of rotatable bonds is 3. The molecule has 4 nitrogen and oxygen atoms in total. The molecule has 9 heavy (non-hydrogen) atoms. The van der Waals surface area contributed by atoms with Gasteiger partial charge in [-0.05, 0) is 19.8 Å². The minimum absolute atomic E-state index is 0.310. The topological polar surface area (TPSA) is 92.5 Å². The van der Waals surface area contributed by atoms with Gasteiger partial charge < -0.3 is 21.7 Å². The van der Waals surface area contributed by atoms with Crippen molar-refractivity contribution in [2.45, 2.75) is 31.7 Å². The van der Waals surface area contributed by atoms with Crippen LogP contribution in [0.1, 0.15) is 19.8 Å². The molecule has 0 bridgehead atoms. The molecule has 0 aliphatic carbocycles. The Morgan fingerprint density at radius 2 is 2.11 bits per heavy atom. The third-order valence-corrected chi connectivity index (χ3v) is 0.946. The SMILES string of the molecule is CC(N)(O)CCC(N)O. The fourth-order valence-electron chi connectivity index (χ4n) is 0.440. The Bertz CT molecular complexity index is 77.5. The second-order valence-electron chi connectivity index (χ2n) is 2.46. The highest BCUT2D eigenvalue weighted by Crippen LogP contribution is 2.03. The van der Waals surface area contributed by atoms with Crippen LogP contribution >= 0.6 is 0 Å². The van der Waals surface area contributed by atoms with Crippen molar-refractivity contribution in [2.75, 3.05) is 0 Å². The summed E-state index contributed by atoms with van der Waals surface area (Å²) in [5.74, 6) is 0. The average molecular weight is 134 g/mol. The van der Waals surface area contributed by atoms with E-state index in [9.17, 15) is 0 Å². The molecular formula is C5H14N2O2. The average Bonchev–Trinajstić information content (AvgIpc) is 1.59. The molecule has 0 aromatic heterocycles. The molecule has 2 atom stereocenters. The molecule has 56 valence electrons. The van der Waals surface area contributed by atoms with E-state index in [1.165, 1.54) is 6.92 Å². The van der Waals surface area contributed by atoms with Gasteiger partial charge in [0.25, 0.3) is 0 Å². The molecule has 4 heteroatoms. The van der Waals surface area contributed by atoms with E-state index in [4.69, 9.17) is 21.7 Å². The zero-order valence-electron chi connectivity index (χ0n) is 5.54. The van der Waals surface area contributed by atoms with Crippen LogP contribution < -0.4 is 11.5 Å². The van der Waals surface area contributed by atoms with Crippen molar-refractivity contribution in [3.63, 3.8) is 0 Å². The van der Waals surface area contributed by atoms with Gasteiger partial charge in [-0.1, -0.05) is 0 Å². The zero-order valence-corrected chi connectivity index (χ0v) is 5.54. The van der Waals surface area contributed by atoms with Crippen molar-refractivity contribution in [2.24, 2.45) is 11.5 Å². The summed E-state index contributed by atoms with van der Waals surface area (Å²) in [5, 5.41) is 17.4. The van der Waals surface area contributed by atoms with Crippen LogP contribution in [0.4, 0.5) is 0 Å². The van der Waals surface area contributed by atoms with Crippen molar-refractivity contribution < 1.29 is 10.2 Å². The molecule has 0 spiro atoms. The lowest BCUT2D eigenvalue weighted by Crippen LogP contribution is -2.37. The van der Waals surface area contributed by atoms with E-state index in [-0.39, 0.29) is 0 Å². The Morgan fingerprint density at radius 1 is 1.67 bits per heavy atom. The third kappa shape index (κ3) is 7.84. The molecular weight excluding hydrogens is 120 g/mol. The molecule has 0 aromatic rings. The molecule has 0 saturated heterocycles. The Kier molecular flexibility index (Phi) is 3.07. The predicted molar refractivity (Wildman–Crippen MR) is 34.2 cm³/mol. The minimum atomic E-state index is -1.21. The first-order valence-electron chi connectivity index (χ1n) is 2.87. The van der Waals surface area contributed by atoms with Crippen LogP contribution in [-0.2, 0) is 0 Å². The largest absolute Gasteiger partial charge is 0.379 e. The molecule has 6 N–H and O–H groups in total. The summed E-state index contributed by atoms with van der Waals surface area (Å²) >= 11 is 0. The molecule has 0 amide bonds. The summed E-state index contributed by atoms with van der Waals surface area (Å²) in [7, 11) is 0. The smallest absolute Gasteiger partial charge is 0.110 e. The monoisotopic (exact) mass is 134 g/mol. The summed E-state index contributed by atoms with van der Waals surface area (Å²) in [4.78, 5) is 0. The molecule has 0 aliphatic rings. The number of hydrogen-bond acceptors (Lipinski definition) is 4. The lowest BCUT2D eigenvalue weighted by atomic mass is 10.1. The third-order valence-electron chi connectivity index (χ3n) is 0.946. The second kappa shape index (κ2) is 3.12. The summed E-state index contributed by atoms with van der Waals surface area (Å²) in [6.45, 7) is 1.47. The normalized spacial score (nSPS) is 21.0. The number of hydrogen-bond donors (Lipinski definition) is 4. The maximum Gasteiger partial charge on any atom is 0.110 e. The van der Waals surface area contributed by atoms with Crippen molar-refractivity contribution in [1.82, 2.24) is 0 Å². The van der Waals surface area contributed by atoms with Gasteiger partial charge in [0.1, 0.15) is 12.0 Å². The van der Waals surface area contributed by atoms with Crippen LogP contribution in [0.2, 0.25) is 0 Å². The first kappa shape index (κ1) is 8.84.